The van der Waals surface area contributed by atoms with Gasteiger partial charge in [0, 0.05) is 15.8 Å². The maximum absolute atomic E-state index is 12.0. The molecule has 0 saturated heterocycles. The number of sulfonamides is 1. The topological polar surface area (TPSA) is 83.5 Å². The molecule has 5 nitrogen and oxygen atoms in total. The van der Waals surface area contributed by atoms with E-state index in [9.17, 15) is 13.2 Å². The molecule has 0 aliphatic carbocycles. The summed E-state index contributed by atoms with van der Waals surface area (Å²) >= 11 is 1.11. The van der Waals surface area contributed by atoms with E-state index >= 15 is 0 Å². The van der Waals surface area contributed by atoms with Crippen molar-refractivity contribution in [2.75, 3.05) is 0 Å². The molecule has 0 radical (unpaired) electrons. The summed E-state index contributed by atoms with van der Waals surface area (Å²) in [6.45, 7) is 6.68. The normalized spacial score (nSPS) is 12.7. The van der Waals surface area contributed by atoms with Crippen molar-refractivity contribution in [1.82, 2.24) is 4.72 Å². The SMILES string of the molecule is Cc1scc(S(=O)(=O)NC(C)(C)C)c1C(=O)O. The second-order valence-corrected chi connectivity index (χ2v) is 7.43. The number of carboxylic acids is 1. The number of nitrogens with one attached hydrogen (secondary N) is 1. The molecule has 0 spiro atoms. The molecule has 0 atom stereocenters. The van der Waals surface area contributed by atoms with E-state index in [0.717, 1.165) is 11.3 Å². The van der Waals surface area contributed by atoms with Gasteiger partial charge in [-0.1, -0.05) is 0 Å². The van der Waals surface area contributed by atoms with E-state index in [4.69, 9.17) is 5.11 Å². The standard InChI is InChI=1S/C10H15NO4S2/c1-6-8(9(12)13)7(5-16-6)17(14,15)11-10(2,3)4/h5,11H,1-4H3,(H,12,13). The molecule has 0 aliphatic heterocycles. The zero-order valence-corrected chi connectivity index (χ0v) is 11.7. The average Bonchev–Trinajstić information content (AvgIpc) is 2.42. The van der Waals surface area contributed by atoms with Crippen LogP contribution in [0.15, 0.2) is 10.3 Å². The monoisotopic (exact) mass is 277 g/mol. The minimum Gasteiger partial charge on any atom is -0.478 e. The lowest BCUT2D eigenvalue weighted by Crippen LogP contribution is -2.40. The fourth-order valence-electron chi connectivity index (χ4n) is 1.35. The van der Waals surface area contributed by atoms with Gasteiger partial charge in [0.1, 0.15) is 4.90 Å². The number of aromatic carboxylic acids is 1. The largest absolute Gasteiger partial charge is 0.478 e. The Hall–Kier alpha value is -0.920. The van der Waals surface area contributed by atoms with Gasteiger partial charge in [-0.2, -0.15) is 0 Å². The van der Waals surface area contributed by atoms with Gasteiger partial charge in [-0.15, -0.1) is 11.3 Å². The van der Waals surface area contributed by atoms with Gasteiger partial charge in [-0.3, -0.25) is 0 Å². The van der Waals surface area contributed by atoms with E-state index in [2.05, 4.69) is 4.72 Å². The lowest BCUT2D eigenvalue weighted by atomic mass is 10.1. The number of carboxylic acid groups (broad SMARTS) is 1. The summed E-state index contributed by atoms with van der Waals surface area (Å²) in [7, 11) is -3.79. The van der Waals surface area contributed by atoms with Crippen LogP contribution in [-0.2, 0) is 10.0 Å². The number of carbonyl (C=O) groups is 1. The van der Waals surface area contributed by atoms with Crippen LogP contribution in [0.4, 0.5) is 0 Å². The molecule has 1 aromatic rings. The summed E-state index contributed by atoms with van der Waals surface area (Å²) in [5, 5.41) is 10.4. The Morgan fingerprint density at radius 1 is 1.41 bits per heavy atom. The molecule has 96 valence electrons. The second kappa shape index (κ2) is 4.40. The number of hydrogen-bond acceptors (Lipinski definition) is 4. The van der Waals surface area contributed by atoms with Gasteiger partial charge in [-0.25, -0.2) is 17.9 Å². The van der Waals surface area contributed by atoms with Crippen LogP contribution in [0.3, 0.4) is 0 Å². The Labute approximate surface area is 105 Å². The van der Waals surface area contributed by atoms with Crippen molar-refractivity contribution in [2.24, 2.45) is 0 Å². The van der Waals surface area contributed by atoms with Crippen molar-refractivity contribution >= 4 is 27.3 Å². The molecule has 0 saturated carbocycles. The van der Waals surface area contributed by atoms with Crippen LogP contribution in [0.2, 0.25) is 0 Å². The summed E-state index contributed by atoms with van der Waals surface area (Å²) in [6, 6.07) is 0. The van der Waals surface area contributed by atoms with Gasteiger partial charge in [-0.05, 0) is 27.7 Å². The molecule has 0 aliphatic rings. The Morgan fingerprint density at radius 3 is 2.35 bits per heavy atom. The number of rotatable bonds is 3. The molecule has 2 N–H and O–H groups in total. The minimum atomic E-state index is -3.79. The fraction of sp³-hybridized carbons (Fsp3) is 0.500. The quantitative estimate of drug-likeness (QED) is 0.883. The van der Waals surface area contributed by atoms with Gasteiger partial charge in [0.05, 0.1) is 5.56 Å². The molecule has 1 heterocycles. The van der Waals surface area contributed by atoms with Crippen molar-refractivity contribution in [3.63, 3.8) is 0 Å². The number of thiophene rings is 1. The molecule has 0 fully saturated rings. The van der Waals surface area contributed by atoms with Crippen LogP contribution in [0, 0.1) is 6.92 Å². The van der Waals surface area contributed by atoms with Crippen molar-refractivity contribution in [2.45, 2.75) is 38.1 Å². The van der Waals surface area contributed by atoms with E-state index in [1.54, 1.807) is 27.7 Å². The molecule has 7 heteroatoms. The highest BCUT2D eigenvalue weighted by molar-refractivity contribution is 7.89. The highest BCUT2D eigenvalue weighted by atomic mass is 32.2. The Kier molecular flexibility index (Phi) is 3.66. The van der Waals surface area contributed by atoms with Crippen molar-refractivity contribution in [3.05, 3.63) is 15.8 Å². The highest BCUT2D eigenvalue weighted by Gasteiger charge is 2.29. The first-order chi connectivity index (χ1) is 7.54. The Morgan fingerprint density at radius 2 is 1.94 bits per heavy atom. The molecular weight excluding hydrogens is 262 g/mol. The average molecular weight is 277 g/mol. The summed E-state index contributed by atoms with van der Waals surface area (Å²) in [6.07, 6.45) is 0. The maximum Gasteiger partial charge on any atom is 0.338 e. The van der Waals surface area contributed by atoms with Crippen LogP contribution < -0.4 is 4.72 Å². The Balaban J connectivity index is 3.30. The third-order valence-electron chi connectivity index (χ3n) is 1.89. The van der Waals surface area contributed by atoms with Crippen LogP contribution in [-0.4, -0.2) is 25.0 Å². The van der Waals surface area contributed by atoms with E-state index in [0.29, 0.717) is 4.88 Å². The van der Waals surface area contributed by atoms with Crippen LogP contribution in [0.25, 0.3) is 0 Å². The summed E-state index contributed by atoms with van der Waals surface area (Å²) in [5.41, 5.74) is -0.795. The molecule has 0 aromatic carbocycles. The van der Waals surface area contributed by atoms with Gasteiger partial charge < -0.3 is 5.11 Å². The molecule has 0 amide bonds. The zero-order chi connectivity index (χ0) is 13.4. The van der Waals surface area contributed by atoms with E-state index < -0.39 is 21.5 Å². The lowest BCUT2D eigenvalue weighted by Gasteiger charge is -2.20. The lowest BCUT2D eigenvalue weighted by molar-refractivity contribution is 0.0692. The van der Waals surface area contributed by atoms with E-state index in [1.165, 1.54) is 5.38 Å². The zero-order valence-electron chi connectivity index (χ0n) is 10.1. The van der Waals surface area contributed by atoms with Crippen LogP contribution in [0.5, 0.6) is 0 Å². The number of hydrogen-bond donors (Lipinski definition) is 2. The van der Waals surface area contributed by atoms with Crippen LogP contribution in [0.1, 0.15) is 36.0 Å². The highest BCUT2D eigenvalue weighted by Crippen LogP contribution is 2.26. The fourth-order valence-corrected chi connectivity index (χ4v) is 4.20. The van der Waals surface area contributed by atoms with Gasteiger partial charge >= 0.3 is 5.97 Å². The first kappa shape index (κ1) is 14.1. The molecule has 0 unspecified atom stereocenters. The summed E-state index contributed by atoms with van der Waals surface area (Å²) < 4.78 is 26.5. The first-order valence-electron chi connectivity index (χ1n) is 4.90. The number of aryl methyl sites for hydroxylation is 1. The van der Waals surface area contributed by atoms with Gasteiger partial charge in [0.25, 0.3) is 0 Å². The molecule has 1 aromatic heterocycles. The molecule has 0 bridgehead atoms. The van der Waals surface area contributed by atoms with E-state index in [1.807, 2.05) is 0 Å². The smallest absolute Gasteiger partial charge is 0.338 e. The van der Waals surface area contributed by atoms with Gasteiger partial charge in [0.15, 0.2) is 0 Å². The third-order valence-corrected chi connectivity index (χ3v) is 4.73. The predicted molar refractivity (Wildman–Crippen MR) is 66.1 cm³/mol. The van der Waals surface area contributed by atoms with Crippen LogP contribution >= 0.6 is 11.3 Å². The summed E-state index contributed by atoms with van der Waals surface area (Å²) in [5.74, 6) is -1.22. The third kappa shape index (κ3) is 3.27. The molecule has 17 heavy (non-hydrogen) atoms. The first-order valence-corrected chi connectivity index (χ1v) is 7.26. The summed E-state index contributed by atoms with van der Waals surface area (Å²) in [4.78, 5) is 11.3. The van der Waals surface area contributed by atoms with E-state index in [-0.39, 0.29) is 10.5 Å². The second-order valence-electron chi connectivity index (χ2n) is 4.69. The van der Waals surface area contributed by atoms with Crippen molar-refractivity contribution in [1.29, 1.82) is 0 Å². The van der Waals surface area contributed by atoms with Gasteiger partial charge in [0.2, 0.25) is 10.0 Å². The maximum atomic E-state index is 12.0. The van der Waals surface area contributed by atoms with Crippen molar-refractivity contribution < 1.29 is 18.3 Å². The Bertz CT molecular complexity index is 537. The molecule has 1 rings (SSSR count). The predicted octanol–water partition coefficient (Wildman–Crippen LogP) is 1.83. The molecular formula is C10H15NO4S2. The minimum absolute atomic E-state index is 0.147. The van der Waals surface area contributed by atoms with Crippen molar-refractivity contribution in [3.8, 4) is 0 Å².